The van der Waals surface area contributed by atoms with Crippen LogP contribution in [-0.4, -0.2) is 28.4 Å². The molecule has 2 heterocycles. The third-order valence-corrected chi connectivity index (χ3v) is 3.41. The van der Waals surface area contributed by atoms with Crippen LogP contribution in [-0.2, 0) is 9.53 Å². The Balaban J connectivity index is 1.95. The molecular formula is C13H11N3O6S. The molecule has 1 amide bonds. The van der Waals surface area contributed by atoms with Gasteiger partial charge in [0.15, 0.2) is 5.69 Å². The molecule has 23 heavy (non-hydrogen) atoms. The highest BCUT2D eigenvalue weighted by atomic mass is 32.1. The predicted molar refractivity (Wildman–Crippen MR) is 81.1 cm³/mol. The van der Waals surface area contributed by atoms with E-state index in [0.29, 0.717) is 4.88 Å². The molecule has 10 heteroatoms. The second-order valence-electron chi connectivity index (χ2n) is 4.01. The number of anilines is 1. The Labute approximate surface area is 133 Å². The second kappa shape index (κ2) is 7.31. The molecule has 2 aromatic heterocycles. The van der Waals surface area contributed by atoms with Gasteiger partial charge in [-0.1, -0.05) is 11.3 Å². The normalized spacial score (nSPS) is 10.7. The Morgan fingerprint density at radius 3 is 2.96 bits per heavy atom. The van der Waals surface area contributed by atoms with Crippen molar-refractivity contribution in [2.75, 3.05) is 11.9 Å². The summed E-state index contributed by atoms with van der Waals surface area (Å²) in [6.45, 7) is 1.85. The molecule has 0 aliphatic carbocycles. The van der Waals surface area contributed by atoms with E-state index in [-0.39, 0.29) is 23.3 Å². The fraction of sp³-hybridized carbons (Fsp3) is 0.154. The summed E-state index contributed by atoms with van der Waals surface area (Å²) in [5.41, 5.74) is -0.0555. The van der Waals surface area contributed by atoms with Crippen LogP contribution in [0.25, 0.3) is 6.08 Å². The van der Waals surface area contributed by atoms with Crippen LogP contribution in [0, 0.1) is 10.1 Å². The molecule has 120 valence electrons. The maximum Gasteiger partial charge on any atom is 0.360 e. The van der Waals surface area contributed by atoms with E-state index in [2.05, 4.69) is 10.3 Å². The minimum Gasteiger partial charge on any atom is -0.461 e. The van der Waals surface area contributed by atoms with Gasteiger partial charge in [-0.25, -0.2) is 4.79 Å². The lowest BCUT2D eigenvalue weighted by Gasteiger charge is -1.95. The molecule has 0 aliphatic heterocycles. The zero-order valence-electron chi connectivity index (χ0n) is 11.8. The van der Waals surface area contributed by atoms with Gasteiger partial charge in [-0.15, -0.1) is 0 Å². The van der Waals surface area contributed by atoms with Crippen molar-refractivity contribution < 1.29 is 23.7 Å². The van der Waals surface area contributed by atoms with Crippen LogP contribution in [0.15, 0.2) is 28.9 Å². The highest BCUT2D eigenvalue weighted by molar-refractivity contribution is 7.16. The van der Waals surface area contributed by atoms with Gasteiger partial charge in [0.05, 0.1) is 11.5 Å². The summed E-state index contributed by atoms with van der Waals surface area (Å²) in [7, 11) is 0. The van der Waals surface area contributed by atoms with E-state index in [1.54, 1.807) is 6.92 Å². The zero-order valence-corrected chi connectivity index (χ0v) is 12.7. The monoisotopic (exact) mass is 337 g/mol. The number of esters is 1. The molecule has 2 rings (SSSR count). The average molecular weight is 337 g/mol. The Hall–Kier alpha value is -3.01. The number of carbonyl (C=O) groups excluding carboxylic acids is 2. The first-order valence-corrected chi connectivity index (χ1v) is 7.17. The highest BCUT2D eigenvalue weighted by Gasteiger charge is 2.14. The lowest BCUT2D eigenvalue weighted by molar-refractivity contribution is -0.380. The number of thiophene rings is 1. The summed E-state index contributed by atoms with van der Waals surface area (Å²) in [6.07, 6.45) is 3.66. The second-order valence-corrected chi connectivity index (χ2v) is 5.11. The summed E-state index contributed by atoms with van der Waals surface area (Å²) in [5, 5.41) is 12.9. The number of oxazole rings is 1. The zero-order chi connectivity index (χ0) is 16.8. The largest absolute Gasteiger partial charge is 0.461 e. The number of hydrogen-bond acceptors (Lipinski definition) is 8. The summed E-state index contributed by atoms with van der Waals surface area (Å²) in [4.78, 5) is 37.4. The van der Waals surface area contributed by atoms with Gasteiger partial charge in [0.2, 0.25) is 0 Å². The number of nitrogens with zero attached hydrogens (tertiary/aromatic N) is 2. The van der Waals surface area contributed by atoms with Crippen molar-refractivity contribution in [3.8, 4) is 0 Å². The molecule has 0 spiro atoms. The van der Waals surface area contributed by atoms with Gasteiger partial charge in [0.25, 0.3) is 5.91 Å². The fourth-order valence-electron chi connectivity index (χ4n) is 1.46. The number of hydrogen-bond donors (Lipinski definition) is 1. The highest BCUT2D eigenvalue weighted by Crippen LogP contribution is 2.24. The van der Waals surface area contributed by atoms with E-state index in [1.165, 1.54) is 24.3 Å². The van der Waals surface area contributed by atoms with Crippen molar-refractivity contribution in [3.63, 3.8) is 0 Å². The maximum atomic E-state index is 11.7. The molecule has 0 saturated heterocycles. The van der Waals surface area contributed by atoms with Crippen LogP contribution in [0.4, 0.5) is 11.0 Å². The standard InChI is InChI=1S/C13H11N3O6S/c1-2-21-12(18)9-7-22-13(14-9)15-10(17)5-3-8-4-6-11(23-8)16(19)20/h3-7H,2H2,1H3,(H,14,15,17)/b5-3+. The molecule has 0 radical (unpaired) electrons. The van der Waals surface area contributed by atoms with E-state index in [0.717, 1.165) is 17.6 Å². The summed E-state index contributed by atoms with van der Waals surface area (Å²) >= 11 is 0.937. The van der Waals surface area contributed by atoms with E-state index in [4.69, 9.17) is 9.15 Å². The van der Waals surface area contributed by atoms with Crippen molar-refractivity contribution in [3.05, 3.63) is 45.2 Å². The molecule has 0 aromatic carbocycles. The Bertz CT molecular complexity index is 763. The number of ether oxygens (including phenoxy) is 1. The van der Waals surface area contributed by atoms with Crippen LogP contribution >= 0.6 is 11.3 Å². The van der Waals surface area contributed by atoms with Crippen LogP contribution in [0.2, 0.25) is 0 Å². The minimum absolute atomic E-state index is 0.0168. The van der Waals surface area contributed by atoms with Crippen LogP contribution in [0.3, 0.4) is 0 Å². The van der Waals surface area contributed by atoms with Crippen molar-refractivity contribution in [2.24, 2.45) is 0 Å². The van der Waals surface area contributed by atoms with Gasteiger partial charge in [0, 0.05) is 17.0 Å². The molecule has 0 aliphatic rings. The van der Waals surface area contributed by atoms with Gasteiger partial charge < -0.3 is 9.15 Å². The first-order valence-electron chi connectivity index (χ1n) is 6.35. The van der Waals surface area contributed by atoms with Gasteiger partial charge in [-0.05, 0) is 19.1 Å². The number of nitrogens with one attached hydrogen (secondary N) is 1. The molecule has 9 nitrogen and oxygen atoms in total. The van der Waals surface area contributed by atoms with E-state index < -0.39 is 16.8 Å². The SMILES string of the molecule is CCOC(=O)c1coc(NC(=O)/C=C/c2ccc([N+](=O)[O-])s2)n1. The quantitative estimate of drug-likeness (QED) is 0.371. The molecule has 1 N–H and O–H groups in total. The van der Waals surface area contributed by atoms with Gasteiger partial charge in [-0.3, -0.25) is 20.2 Å². The summed E-state index contributed by atoms with van der Waals surface area (Å²) in [6, 6.07) is 2.72. The Morgan fingerprint density at radius 1 is 1.52 bits per heavy atom. The molecule has 2 aromatic rings. The van der Waals surface area contributed by atoms with E-state index in [1.807, 2.05) is 0 Å². The van der Waals surface area contributed by atoms with Gasteiger partial charge >= 0.3 is 17.0 Å². The number of nitro groups is 1. The first-order chi connectivity index (χ1) is 11.0. The average Bonchev–Trinajstić information content (AvgIpc) is 3.14. The molecule has 0 saturated carbocycles. The molecular weight excluding hydrogens is 326 g/mol. The van der Waals surface area contributed by atoms with E-state index >= 15 is 0 Å². The lowest BCUT2D eigenvalue weighted by Crippen LogP contribution is -2.09. The smallest absolute Gasteiger partial charge is 0.360 e. The summed E-state index contributed by atoms with van der Waals surface area (Å²) in [5.74, 6) is -1.21. The first kappa shape index (κ1) is 16.4. The predicted octanol–water partition coefficient (Wildman–Crippen LogP) is 2.47. The van der Waals surface area contributed by atoms with Gasteiger partial charge in [-0.2, -0.15) is 4.98 Å². The number of aromatic nitrogens is 1. The number of amides is 1. The molecule has 0 bridgehead atoms. The van der Waals surface area contributed by atoms with Gasteiger partial charge in [0.1, 0.15) is 6.26 Å². The van der Waals surface area contributed by atoms with Crippen molar-refractivity contribution in [2.45, 2.75) is 6.92 Å². The van der Waals surface area contributed by atoms with Crippen molar-refractivity contribution in [1.82, 2.24) is 4.98 Å². The minimum atomic E-state index is -0.654. The molecule has 0 unspecified atom stereocenters. The Kier molecular flexibility index (Phi) is 5.20. The maximum absolute atomic E-state index is 11.7. The van der Waals surface area contributed by atoms with E-state index in [9.17, 15) is 19.7 Å². The topological polar surface area (TPSA) is 125 Å². The molecule has 0 fully saturated rings. The van der Waals surface area contributed by atoms with Crippen LogP contribution < -0.4 is 5.32 Å². The van der Waals surface area contributed by atoms with Crippen LogP contribution in [0.1, 0.15) is 22.3 Å². The van der Waals surface area contributed by atoms with Crippen molar-refractivity contribution in [1.29, 1.82) is 0 Å². The lowest BCUT2D eigenvalue weighted by atomic mass is 10.4. The number of rotatable bonds is 6. The number of carbonyl (C=O) groups is 2. The van der Waals surface area contributed by atoms with Crippen molar-refractivity contribution >= 4 is 40.3 Å². The molecule has 0 atom stereocenters. The Morgan fingerprint density at radius 2 is 2.30 bits per heavy atom. The summed E-state index contributed by atoms with van der Waals surface area (Å²) < 4.78 is 9.66. The third-order valence-electron chi connectivity index (χ3n) is 2.41. The fourth-order valence-corrected chi connectivity index (χ4v) is 2.19. The van der Waals surface area contributed by atoms with Crippen LogP contribution in [0.5, 0.6) is 0 Å². The third kappa shape index (κ3) is 4.48.